The van der Waals surface area contributed by atoms with Crippen LogP contribution in [0.15, 0.2) is 23.5 Å². The van der Waals surface area contributed by atoms with Crippen LogP contribution in [-0.4, -0.2) is 30.5 Å². The van der Waals surface area contributed by atoms with Crippen molar-refractivity contribution in [2.24, 2.45) is 0 Å². The highest BCUT2D eigenvalue weighted by atomic mass is 19.2. The SMILES string of the molecule is O=CC1=CCC(O)(F)C(OCCCF)=C1. The Morgan fingerprint density at radius 3 is 3.00 bits per heavy atom. The third-order valence-electron chi connectivity index (χ3n) is 1.96. The number of ether oxygens (including phenoxy) is 1. The molecule has 1 atom stereocenters. The molecule has 0 aromatic heterocycles. The lowest BCUT2D eigenvalue weighted by Crippen LogP contribution is -2.28. The number of hydrogen-bond donors (Lipinski definition) is 1. The van der Waals surface area contributed by atoms with Crippen molar-refractivity contribution in [3.05, 3.63) is 23.5 Å². The van der Waals surface area contributed by atoms with Gasteiger partial charge < -0.3 is 9.84 Å². The van der Waals surface area contributed by atoms with Crippen LogP contribution in [0.1, 0.15) is 12.8 Å². The van der Waals surface area contributed by atoms with Crippen molar-refractivity contribution >= 4 is 6.29 Å². The molecule has 1 aliphatic carbocycles. The zero-order chi connectivity index (χ0) is 11.3. The molecule has 0 saturated heterocycles. The van der Waals surface area contributed by atoms with E-state index in [9.17, 15) is 18.7 Å². The van der Waals surface area contributed by atoms with Crippen LogP contribution in [0.25, 0.3) is 0 Å². The monoisotopic (exact) mass is 218 g/mol. The Hall–Kier alpha value is -1.23. The molecule has 15 heavy (non-hydrogen) atoms. The summed E-state index contributed by atoms with van der Waals surface area (Å²) in [6.07, 6.45) is 2.72. The fraction of sp³-hybridized carbons (Fsp3) is 0.500. The van der Waals surface area contributed by atoms with Crippen LogP contribution in [0.5, 0.6) is 0 Å². The third kappa shape index (κ3) is 3.13. The van der Waals surface area contributed by atoms with Gasteiger partial charge in [0.2, 0.25) is 0 Å². The van der Waals surface area contributed by atoms with Crippen LogP contribution in [0.3, 0.4) is 0 Å². The molecule has 0 amide bonds. The van der Waals surface area contributed by atoms with E-state index in [2.05, 4.69) is 0 Å². The zero-order valence-electron chi connectivity index (χ0n) is 8.08. The molecule has 0 spiro atoms. The van der Waals surface area contributed by atoms with E-state index in [1.165, 1.54) is 6.08 Å². The highest BCUT2D eigenvalue weighted by molar-refractivity contribution is 5.78. The summed E-state index contributed by atoms with van der Waals surface area (Å²) in [4.78, 5) is 10.4. The van der Waals surface area contributed by atoms with E-state index in [1.54, 1.807) is 0 Å². The van der Waals surface area contributed by atoms with Crippen LogP contribution >= 0.6 is 0 Å². The number of aliphatic hydroxyl groups is 1. The van der Waals surface area contributed by atoms with Crippen molar-refractivity contribution in [1.29, 1.82) is 0 Å². The maximum absolute atomic E-state index is 13.4. The summed E-state index contributed by atoms with van der Waals surface area (Å²) < 4.78 is 30.0. The van der Waals surface area contributed by atoms with E-state index in [0.29, 0.717) is 6.29 Å². The molecule has 84 valence electrons. The second-order valence-corrected chi connectivity index (χ2v) is 3.19. The van der Waals surface area contributed by atoms with Crippen LogP contribution < -0.4 is 0 Å². The molecule has 0 heterocycles. The van der Waals surface area contributed by atoms with Gasteiger partial charge in [0.25, 0.3) is 5.85 Å². The van der Waals surface area contributed by atoms with Crippen LogP contribution in [0, 0.1) is 0 Å². The lowest BCUT2D eigenvalue weighted by atomic mass is 10.0. The molecule has 0 fully saturated rings. The second kappa shape index (κ2) is 5.02. The average Bonchev–Trinajstić information content (AvgIpc) is 2.21. The Morgan fingerprint density at radius 2 is 2.40 bits per heavy atom. The van der Waals surface area contributed by atoms with E-state index < -0.39 is 12.5 Å². The molecule has 0 aromatic rings. The van der Waals surface area contributed by atoms with E-state index in [-0.39, 0.29) is 30.8 Å². The first-order valence-corrected chi connectivity index (χ1v) is 4.57. The summed E-state index contributed by atoms with van der Waals surface area (Å²) in [6, 6.07) is 0. The Labute approximate surface area is 86.0 Å². The van der Waals surface area contributed by atoms with Gasteiger partial charge in [0.1, 0.15) is 6.29 Å². The highest BCUT2D eigenvalue weighted by Gasteiger charge is 2.34. The van der Waals surface area contributed by atoms with E-state index in [1.807, 2.05) is 0 Å². The number of allylic oxidation sites excluding steroid dienone is 2. The summed E-state index contributed by atoms with van der Waals surface area (Å²) >= 11 is 0. The van der Waals surface area contributed by atoms with Gasteiger partial charge in [-0.05, 0) is 6.08 Å². The minimum Gasteiger partial charge on any atom is -0.492 e. The second-order valence-electron chi connectivity index (χ2n) is 3.19. The van der Waals surface area contributed by atoms with Crippen molar-refractivity contribution in [3.63, 3.8) is 0 Å². The molecule has 0 radical (unpaired) electrons. The molecular formula is C10H12F2O3. The van der Waals surface area contributed by atoms with Gasteiger partial charge in [-0.2, -0.15) is 0 Å². The normalized spacial score (nSPS) is 25.5. The van der Waals surface area contributed by atoms with E-state index in [4.69, 9.17) is 4.74 Å². The van der Waals surface area contributed by atoms with Crippen LogP contribution in [0.4, 0.5) is 8.78 Å². The Balaban J connectivity index is 2.67. The average molecular weight is 218 g/mol. The number of alkyl halides is 2. The topological polar surface area (TPSA) is 46.5 Å². The predicted octanol–water partition coefficient (Wildman–Crippen LogP) is 1.43. The molecule has 1 N–H and O–H groups in total. The number of hydrogen-bond acceptors (Lipinski definition) is 3. The van der Waals surface area contributed by atoms with Gasteiger partial charge in [-0.3, -0.25) is 9.18 Å². The van der Waals surface area contributed by atoms with Gasteiger partial charge in [-0.1, -0.05) is 6.08 Å². The summed E-state index contributed by atoms with van der Waals surface area (Å²) in [5.74, 6) is -2.93. The Bertz CT molecular complexity index is 295. The third-order valence-corrected chi connectivity index (χ3v) is 1.96. The largest absolute Gasteiger partial charge is 0.492 e. The molecule has 5 heteroatoms. The zero-order valence-corrected chi connectivity index (χ0v) is 8.08. The molecule has 0 saturated carbocycles. The quantitative estimate of drug-likeness (QED) is 0.561. The Morgan fingerprint density at radius 1 is 1.67 bits per heavy atom. The first kappa shape index (κ1) is 11.8. The van der Waals surface area contributed by atoms with Crippen molar-refractivity contribution < 1.29 is 23.4 Å². The molecule has 0 bridgehead atoms. The smallest absolute Gasteiger partial charge is 0.268 e. The standard InChI is InChI=1S/C10H12F2O3/c11-4-1-5-15-9-6-8(7-13)2-3-10(9,12)14/h2,6-7,14H,1,3-5H2. The number of halogens is 2. The minimum atomic E-state index is -2.59. The van der Waals surface area contributed by atoms with Gasteiger partial charge in [0.05, 0.1) is 13.3 Å². The molecule has 3 nitrogen and oxygen atoms in total. The molecule has 0 aliphatic heterocycles. The highest BCUT2D eigenvalue weighted by Crippen LogP contribution is 2.29. The summed E-state index contributed by atoms with van der Waals surface area (Å²) in [7, 11) is 0. The van der Waals surface area contributed by atoms with E-state index >= 15 is 0 Å². The van der Waals surface area contributed by atoms with Crippen LogP contribution in [0.2, 0.25) is 0 Å². The van der Waals surface area contributed by atoms with Gasteiger partial charge in [0, 0.05) is 18.4 Å². The van der Waals surface area contributed by atoms with Crippen molar-refractivity contribution in [2.75, 3.05) is 13.3 Å². The number of rotatable bonds is 5. The van der Waals surface area contributed by atoms with Gasteiger partial charge in [-0.15, -0.1) is 0 Å². The van der Waals surface area contributed by atoms with Gasteiger partial charge >= 0.3 is 0 Å². The maximum Gasteiger partial charge on any atom is 0.268 e. The van der Waals surface area contributed by atoms with E-state index in [0.717, 1.165) is 6.08 Å². The van der Waals surface area contributed by atoms with Crippen molar-refractivity contribution in [1.82, 2.24) is 0 Å². The summed E-state index contributed by atoms with van der Waals surface area (Å²) in [5, 5.41) is 9.23. The first-order valence-electron chi connectivity index (χ1n) is 4.57. The lowest BCUT2D eigenvalue weighted by molar-refractivity contribution is -0.105. The molecule has 1 unspecified atom stereocenters. The van der Waals surface area contributed by atoms with Gasteiger partial charge in [-0.25, -0.2) is 4.39 Å². The molecule has 1 aliphatic rings. The molecule has 1 rings (SSSR count). The fourth-order valence-electron chi connectivity index (χ4n) is 1.15. The number of carbonyl (C=O) groups excluding carboxylic acids is 1. The van der Waals surface area contributed by atoms with Crippen molar-refractivity contribution in [2.45, 2.75) is 18.7 Å². The number of aldehydes is 1. The Kier molecular flexibility index (Phi) is 3.96. The summed E-state index contributed by atoms with van der Waals surface area (Å²) in [6.45, 7) is -0.602. The lowest BCUT2D eigenvalue weighted by Gasteiger charge is -2.24. The van der Waals surface area contributed by atoms with Crippen LogP contribution in [-0.2, 0) is 9.53 Å². The van der Waals surface area contributed by atoms with Gasteiger partial charge in [0.15, 0.2) is 5.76 Å². The first-order chi connectivity index (χ1) is 7.10. The number of carbonyl (C=O) groups is 1. The molecule has 0 aromatic carbocycles. The summed E-state index contributed by atoms with van der Waals surface area (Å²) in [5.41, 5.74) is 0.243. The minimum absolute atomic E-state index is 0.0271. The fourth-order valence-corrected chi connectivity index (χ4v) is 1.15. The predicted molar refractivity (Wildman–Crippen MR) is 49.4 cm³/mol. The maximum atomic E-state index is 13.4. The van der Waals surface area contributed by atoms with Crippen molar-refractivity contribution in [3.8, 4) is 0 Å². The molecular weight excluding hydrogens is 206 g/mol.